The molecule has 3 N–H and O–H groups in total. The third kappa shape index (κ3) is 3.20. The fourth-order valence-corrected chi connectivity index (χ4v) is 5.57. The molecule has 3 saturated carbocycles. The molecule has 2 aromatic carbocycles. The number of methoxy groups -OCH3 is 1. The van der Waals surface area contributed by atoms with E-state index in [-0.39, 0.29) is 29.6 Å². The summed E-state index contributed by atoms with van der Waals surface area (Å²) in [6, 6.07) is 15.4. The van der Waals surface area contributed by atoms with E-state index in [1.807, 2.05) is 48.5 Å². The third-order valence-corrected chi connectivity index (χ3v) is 7.08. The van der Waals surface area contributed by atoms with Crippen molar-refractivity contribution in [2.45, 2.75) is 37.9 Å². The van der Waals surface area contributed by atoms with E-state index in [9.17, 15) is 9.59 Å². The van der Waals surface area contributed by atoms with Crippen molar-refractivity contribution in [1.29, 1.82) is 0 Å². The van der Waals surface area contributed by atoms with Crippen LogP contribution in [0.3, 0.4) is 0 Å². The van der Waals surface area contributed by atoms with E-state index in [4.69, 9.17) is 4.74 Å². The average molecular weight is 405 g/mol. The van der Waals surface area contributed by atoms with Gasteiger partial charge in [-0.15, -0.1) is 0 Å². The fourth-order valence-electron chi connectivity index (χ4n) is 5.57. The molecule has 1 spiro atoms. The molecule has 0 unspecified atom stereocenters. The highest BCUT2D eigenvalue weighted by atomic mass is 16.5. The number of rotatable bonds is 4. The predicted octanol–water partition coefficient (Wildman–Crippen LogP) is 3.30. The molecule has 0 radical (unpaired) electrons. The Bertz CT molecular complexity index is 991. The van der Waals surface area contributed by atoms with Gasteiger partial charge >= 0.3 is 0 Å². The molecule has 3 aliphatic carbocycles. The van der Waals surface area contributed by atoms with Crippen LogP contribution < -0.4 is 20.7 Å². The Morgan fingerprint density at radius 2 is 2.03 bits per heavy atom. The summed E-state index contributed by atoms with van der Waals surface area (Å²) in [6.45, 7) is 0.497. The average Bonchev–Trinajstić information content (AvgIpc) is 2.78. The standard InChI is InChI=1S/C24H27N3O3/c1-30-18-6-4-5-15(11-18)14-25-22(28)20-12-17-10-9-16(20)13-24(17)26-21-8-3-2-7-19(21)23(29)27-24/h2-8,11,16-17,20,26H,9-10,12-14H2,1H3,(H,25,28)(H,27,29)/t16-,17-,20+,24-/m1/s1. The monoisotopic (exact) mass is 405 g/mol. The minimum absolute atomic E-state index is 0.00384. The van der Waals surface area contributed by atoms with E-state index < -0.39 is 5.66 Å². The SMILES string of the molecule is COc1cccc(CNC(=O)[C@H]2C[C@H]3CC[C@@H]2C[C@@]32NC(=O)c3ccccc3N2)c1. The number of benzene rings is 2. The molecule has 0 saturated heterocycles. The molecule has 1 heterocycles. The number of nitrogens with one attached hydrogen (secondary N) is 3. The molecule has 2 amide bonds. The Balaban J connectivity index is 1.28. The molecule has 6 heteroatoms. The van der Waals surface area contributed by atoms with Crippen molar-refractivity contribution in [3.8, 4) is 5.75 Å². The van der Waals surface area contributed by atoms with Gasteiger partial charge in [0.05, 0.1) is 12.7 Å². The van der Waals surface area contributed by atoms with E-state index in [0.29, 0.717) is 12.1 Å². The highest BCUT2D eigenvalue weighted by Crippen LogP contribution is 2.51. The Morgan fingerprint density at radius 1 is 1.17 bits per heavy atom. The van der Waals surface area contributed by atoms with Crippen LogP contribution in [0.25, 0.3) is 0 Å². The van der Waals surface area contributed by atoms with Gasteiger partial charge in [0.15, 0.2) is 0 Å². The summed E-state index contributed by atoms with van der Waals surface area (Å²) in [6.07, 6.45) is 3.64. The summed E-state index contributed by atoms with van der Waals surface area (Å²) in [5.41, 5.74) is 2.18. The lowest BCUT2D eigenvalue weighted by Gasteiger charge is -2.56. The van der Waals surface area contributed by atoms with E-state index in [2.05, 4.69) is 16.0 Å². The molecule has 4 aliphatic rings. The number of fused-ring (bicyclic) bond motifs is 3. The molecule has 6 rings (SSSR count). The number of para-hydroxylation sites is 1. The Kier molecular flexibility index (Phi) is 4.65. The predicted molar refractivity (Wildman–Crippen MR) is 114 cm³/mol. The minimum Gasteiger partial charge on any atom is -0.497 e. The van der Waals surface area contributed by atoms with Gasteiger partial charge in [-0.3, -0.25) is 9.59 Å². The summed E-state index contributed by atoms with van der Waals surface area (Å²) < 4.78 is 5.26. The van der Waals surface area contributed by atoms with Gasteiger partial charge in [-0.2, -0.15) is 0 Å². The first kappa shape index (κ1) is 19.0. The summed E-state index contributed by atoms with van der Waals surface area (Å²) in [7, 11) is 1.64. The van der Waals surface area contributed by atoms with Crippen LogP contribution in [0.4, 0.5) is 5.69 Å². The van der Waals surface area contributed by atoms with Crippen LogP contribution in [0.15, 0.2) is 48.5 Å². The fraction of sp³-hybridized carbons (Fsp3) is 0.417. The lowest BCUT2D eigenvalue weighted by molar-refractivity contribution is -0.132. The largest absolute Gasteiger partial charge is 0.497 e. The molecule has 3 fully saturated rings. The van der Waals surface area contributed by atoms with Crippen LogP contribution in [0.5, 0.6) is 5.75 Å². The molecule has 156 valence electrons. The zero-order chi connectivity index (χ0) is 20.7. The highest BCUT2D eigenvalue weighted by Gasteiger charge is 2.55. The minimum atomic E-state index is -0.433. The van der Waals surface area contributed by atoms with Gasteiger partial charge in [0.2, 0.25) is 5.91 Å². The molecular weight excluding hydrogens is 378 g/mol. The van der Waals surface area contributed by atoms with Crippen LogP contribution in [-0.2, 0) is 11.3 Å². The zero-order valence-corrected chi connectivity index (χ0v) is 17.1. The molecular formula is C24H27N3O3. The molecule has 2 aromatic rings. The first-order valence-electron chi connectivity index (χ1n) is 10.7. The molecule has 0 aromatic heterocycles. The Labute approximate surface area is 176 Å². The number of carbonyl (C=O) groups excluding carboxylic acids is 2. The van der Waals surface area contributed by atoms with Crippen LogP contribution >= 0.6 is 0 Å². The van der Waals surface area contributed by atoms with Crippen LogP contribution in [-0.4, -0.2) is 24.6 Å². The number of anilines is 1. The van der Waals surface area contributed by atoms with Crippen molar-refractivity contribution < 1.29 is 14.3 Å². The second kappa shape index (κ2) is 7.35. The maximum Gasteiger partial charge on any atom is 0.255 e. The van der Waals surface area contributed by atoms with Crippen molar-refractivity contribution in [3.63, 3.8) is 0 Å². The van der Waals surface area contributed by atoms with E-state index >= 15 is 0 Å². The number of amides is 2. The Hall–Kier alpha value is -3.02. The van der Waals surface area contributed by atoms with Crippen molar-refractivity contribution in [2.75, 3.05) is 12.4 Å². The highest BCUT2D eigenvalue weighted by molar-refractivity contribution is 6.02. The van der Waals surface area contributed by atoms with Gasteiger partial charge in [0.25, 0.3) is 5.91 Å². The first-order valence-corrected chi connectivity index (χ1v) is 10.7. The van der Waals surface area contributed by atoms with Crippen molar-refractivity contribution in [2.24, 2.45) is 17.8 Å². The smallest absolute Gasteiger partial charge is 0.255 e. The quantitative estimate of drug-likeness (QED) is 0.729. The normalized spacial score (nSPS) is 29.0. The third-order valence-electron chi connectivity index (χ3n) is 7.08. The lowest BCUT2D eigenvalue weighted by atomic mass is 9.58. The lowest BCUT2D eigenvalue weighted by Crippen LogP contribution is -2.68. The number of ether oxygens (including phenoxy) is 1. The van der Waals surface area contributed by atoms with Crippen LogP contribution in [0.2, 0.25) is 0 Å². The van der Waals surface area contributed by atoms with E-state index in [1.165, 1.54) is 0 Å². The van der Waals surface area contributed by atoms with Gasteiger partial charge in [-0.1, -0.05) is 24.3 Å². The molecule has 4 atom stereocenters. The van der Waals surface area contributed by atoms with Gasteiger partial charge in [0.1, 0.15) is 11.4 Å². The Morgan fingerprint density at radius 3 is 2.83 bits per heavy atom. The summed E-state index contributed by atoms with van der Waals surface area (Å²) in [5, 5.41) is 10.00. The van der Waals surface area contributed by atoms with Gasteiger partial charge in [0, 0.05) is 24.1 Å². The van der Waals surface area contributed by atoms with Gasteiger partial charge < -0.3 is 20.7 Å². The van der Waals surface area contributed by atoms with Crippen LogP contribution in [0, 0.1) is 17.8 Å². The second-order valence-corrected chi connectivity index (χ2v) is 8.75. The van der Waals surface area contributed by atoms with Crippen molar-refractivity contribution in [1.82, 2.24) is 10.6 Å². The summed E-state index contributed by atoms with van der Waals surface area (Å²) in [5.74, 6) is 1.39. The van der Waals surface area contributed by atoms with Crippen molar-refractivity contribution >= 4 is 17.5 Å². The molecule has 2 bridgehead atoms. The van der Waals surface area contributed by atoms with Crippen molar-refractivity contribution in [3.05, 3.63) is 59.7 Å². The van der Waals surface area contributed by atoms with Gasteiger partial charge in [-0.05, 0) is 61.4 Å². The first-order chi connectivity index (χ1) is 14.6. The topological polar surface area (TPSA) is 79.5 Å². The zero-order valence-electron chi connectivity index (χ0n) is 17.1. The molecule has 6 nitrogen and oxygen atoms in total. The molecule has 30 heavy (non-hydrogen) atoms. The van der Waals surface area contributed by atoms with Crippen LogP contribution in [0.1, 0.15) is 41.6 Å². The number of carbonyl (C=O) groups is 2. The molecule has 1 aliphatic heterocycles. The summed E-state index contributed by atoms with van der Waals surface area (Å²) >= 11 is 0. The number of hydrogen-bond donors (Lipinski definition) is 3. The number of hydrogen-bond acceptors (Lipinski definition) is 4. The maximum absolute atomic E-state index is 13.0. The van der Waals surface area contributed by atoms with E-state index in [0.717, 1.165) is 42.7 Å². The second-order valence-electron chi connectivity index (χ2n) is 8.75. The van der Waals surface area contributed by atoms with E-state index in [1.54, 1.807) is 7.11 Å². The van der Waals surface area contributed by atoms with Gasteiger partial charge in [-0.25, -0.2) is 0 Å². The maximum atomic E-state index is 13.0. The summed E-state index contributed by atoms with van der Waals surface area (Å²) in [4.78, 5) is 25.7.